The zero-order valence-electron chi connectivity index (χ0n) is 15.8. The SMILES string of the molecule is Cc1ccc(C(CN2CCOCC2)NC(=O)CC2COCCN2)cc1.Cl.Cl. The van der Waals surface area contributed by atoms with Crippen molar-refractivity contribution in [2.75, 3.05) is 52.6 Å². The lowest BCUT2D eigenvalue weighted by atomic mass is 10.0. The molecule has 0 aliphatic carbocycles. The van der Waals surface area contributed by atoms with Crippen LogP contribution in [0.15, 0.2) is 24.3 Å². The van der Waals surface area contributed by atoms with Gasteiger partial charge in [0.05, 0.1) is 32.5 Å². The minimum atomic E-state index is -0.00397. The van der Waals surface area contributed by atoms with Gasteiger partial charge < -0.3 is 20.1 Å². The number of benzene rings is 1. The zero-order chi connectivity index (χ0) is 17.5. The highest BCUT2D eigenvalue weighted by Gasteiger charge is 2.22. The maximum Gasteiger partial charge on any atom is 0.222 e. The quantitative estimate of drug-likeness (QED) is 0.734. The molecule has 154 valence electrons. The van der Waals surface area contributed by atoms with E-state index in [9.17, 15) is 4.79 Å². The number of rotatable bonds is 6. The van der Waals surface area contributed by atoms with Crippen LogP contribution in [0.25, 0.3) is 0 Å². The molecule has 2 saturated heterocycles. The summed E-state index contributed by atoms with van der Waals surface area (Å²) in [7, 11) is 0. The summed E-state index contributed by atoms with van der Waals surface area (Å²) in [4.78, 5) is 14.9. The van der Waals surface area contributed by atoms with Gasteiger partial charge in [-0.2, -0.15) is 0 Å². The van der Waals surface area contributed by atoms with Crippen molar-refractivity contribution in [2.24, 2.45) is 0 Å². The van der Waals surface area contributed by atoms with Crippen LogP contribution in [0.1, 0.15) is 23.6 Å². The number of halogens is 2. The van der Waals surface area contributed by atoms with Crippen LogP contribution in [0.2, 0.25) is 0 Å². The number of aryl methyl sites for hydroxylation is 1. The summed E-state index contributed by atoms with van der Waals surface area (Å²) in [5.74, 6) is 0.0711. The standard InChI is InChI=1S/C19H29N3O3.2ClH/c1-15-2-4-16(5-3-15)18(13-22-7-10-24-11-8-22)21-19(23)12-17-14-25-9-6-20-17;;/h2-5,17-18,20H,6-14H2,1H3,(H,21,23);2*1H. The number of hydrogen-bond acceptors (Lipinski definition) is 5. The number of nitrogens with zero attached hydrogens (tertiary/aromatic N) is 1. The normalized spacial score (nSPS) is 21.4. The molecule has 2 aliphatic rings. The van der Waals surface area contributed by atoms with Crippen LogP contribution in [0.4, 0.5) is 0 Å². The monoisotopic (exact) mass is 419 g/mol. The second-order valence-electron chi connectivity index (χ2n) is 6.87. The first-order valence-electron chi connectivity index (χ1n) is 9.18. The van der Waals surface area contributed by atoms with Crippen LogP contribution in [0.5, 0.6) is 0 Å². The predicted octanol–water partition coefficient (Wildman–Crippen LogP) is 1.71. The Morgan fingerprint density at radius 1 is 1.19 bits per heavy atom. The molecular weight excluding hydrogens is 389 g/mol. The average Bonchev–Trinajstić information content (AvgIpc) is 2.63. The highest BCUT2D eigenvalue weighted by molar-refractivity contribution is 5.85. The molecule has 2 unspecified atom stereocenters. The molecule has 0 spiro atoms. The van der Waals surface area contributed by atoms with Crippen LogP contribution in [-0.4, -0.2) is 69.5 Å². The van der Waals surface area contributed by atoms with Crippen molar-refractivity contribution < 1.29 is 14.3 Å². The van der Waals surface area contributed by atoms with Crippen molar-refractivity contribution in [3.63, 3.8) is 0 Å². The number of ether oxygens (including phenoxy) is 2. The van der Waals surface area contributed by atoms with E-state index in [0.29, 0.717) is 13.0 Å². The van der Waals surface area contributed by atoms with Crippen molar-refractivity contribution in [2.45, 2.75) is 25.4 Å². The highest BCUT2D eigenvalue weighted by atomic mass is 35.5. The van der Waals surface area contributed by atoms with Crippen molar-refractivity contribution in [1.82, 2.24) is 15.5 Å². The molecule has 27 heavy (non-hydrogen) atoms. The molecule has 2 fully saturated rings. The molecule has 0 radical (unpaired) electrons. The summed E-state index contributed by atoms with van der Waals surface area (Å²) in [5.41, 5.74) is 2.38. The number of morpholine rings is 2. The summed E-state index contributed by atoms with van der Waals surface area (Å²) in [5, 5.41) is 6.57. The third kappa shape index (κ3) is 7.94. The van der Waals surface area contributed by atoms with Gasteiger partial charge in [0.2, 0.25) is 5.91 Å². The largest absolute Gasteiger partial charge is 0.379 e. The number of carbonyl (C=O) groups excluding carboxylic acids is 1. The van der Waals surface area contributed by atoms with E-state index in [1.807, 2.05) is 0 Å². The molecule has 8 heteroatoms. The molecule has 1 aromatic carbocycles. The van der Waals surface area contributed by atoms with Crippen molar-refractivity contribution in [3.8, 4) is 0 Å². The summed E-state index contributed by atoms with van der Waals surface area (Å²) < 4.78 is 10.9. The number of carbonyl (C=O) groups is 1. The summed E-state index contributed by atoms with van der Waals surface area (Å²) in [6, 6.07) is 8.53. The molecule has 6 nitrogen and oxygen atoms in total. The van der Waals surface area contributed by atoms with Gasteiger partial charge in [0.25, 0.3) is 0 Å². The topological polar surface area (TPSA) is 62.8 Å². The van der Waals surface area contributed by atoms with Gasteiger partial charge in [-0.25, -0.2) is 0 Å². The van der Waals surface area contributed by atoms with E-state index in [1.165, 1.54) is 5.56 Å². The molecule has 2 N–H and O–H groups in total. The third-order valence-electron chi connectivity index (χ3n) is 4.79. The third-order valence-corrected chi connectivity index (χ3v) is 4.79. The first-order chi connectivity index (χ1) is 12.2. The minimum absolute atomic E-state index is 0. The molecule has 0 saturated carbocycles. The van der Waals surface area contributed by atoms with Gasteiger partial charge in [0.1, 0.15) is 0 Å². The van der Waals surface area contributed by atoms with Crippen LogP contribution < -0.4 is 10.6 Å². The predicted molar refractivity (Wildman–Crippen MR) is 111 cm³/mol. The maximum atomic E-state index is 12.6. The van der Waals surface area contributed by atoms with Crippen molar-refractivity contribution in [1.29, 1.82) is 0 Å². The minimum Gasteiger partial charge on any atom is -0.379 e. The fourth-order valence-electron chi connectivity index (χ4n) is 3.30. The fourth-order valence-corrected chi connectivity index (χ4v) is 3.30. The van der Waals surface area contributed by atoms with Gasteiger partial charge in [-0.15, -0.1) is 24.8 Å². The number of nitrogens with one attached hydrogen (secondary N) is 2. The Morgan fingerprint density at radius 2 is 1.89 bits per heavy atom. The Hall–Kier alpha value is -0.890. The smallest absolute Gasteiger partial charge is 0.222 e. The van der Waals surface area contributed by atoms with E-state index >= 15 is 0 Å². The number of hydrogen-bond donors (Lipinski definition) is 2. The van der Waals surface area contributed by atoms with Crippen LogP contribution in [-0.2, 0) is 14.3 Å². The van der Waals surface area contributed by atoms with Gasteiger partial charge in [-0.1, -0.05) is 29.8 Å². The zero-order valence-corrected chi connectivity index (χ0v) is 17.4. The van der Waals surface area contributed by atoms with Crippen molar-refractivity contribution in [3.05, 3.63) is 35.4 Å². The first kappa shape index (κ1) is 24.1. The second-order valence-corrected chi connectivity index (χ2v) is 6.87. The van der Waals surface area contributed by atoms with Crippen LogP contribution >= 0.6 is 24.8 Å². The Balaban J connectivity index is 0.00000182. The van der Waals surface area contributed by atoms with Gasteiger partial charge in [0.15, 0.2) is 0 Å². The highest BCUT2D eigenvalue weighted by Crippen LogP contribution is 2.17. The molecule has 2 atom stereocenters. The van der Waals surface area contributed by atoms with Gasteiger partial charge >= 0.3 is 0 Å². The van der Waals surface area contributed by atoms with E-state index in [-0.39, 0.29) is 42.8 Å². The van der Waals surface area contributed by atoms with Crippen LogP contribution in [0.3, 0.4) is 0 Å². The lowest BCUT2D eigenvalue weighted by Crippen LogP contribution is -2.46. The van der Waals surface area contributed by atoms with Gasteiger partial charge in [-0.05, 0) is 12.5 Å². The molecule has 0 bridgehead atoms. The molecular formula is C19H31Cl2N3O3. The molecule has 0 aromatic heterocycles. The molecule has 1 aromatic rings. The Bertz CT molecular complexity index is 548. The average molecular weight is 420 g/mol. The summed E-state index contributed by atoms with van der Waals surface area (Å²) in [6.45, 7) is 8.38. The lowest BCUT2D eigenvalue weighted by molar-refractivity contribution is -0.123. The Labute approximate surface area is 174 Å². The van der Waals surface area contributed by atoms with Gasteiger partial charge in [-0.3, -0.25) is 9.69 Å². The number of amides is 1. The van der Waals surface area contributed by atoms with E-state index < -0.39 is 0 Å². The molecule has 3 rings (SSSR count). The van der Waals surface area contributed by atoms with Gasteiger partial charge in [0, 0.05) is 38.6 Å². The fraction of sp³-hybridized carbons (Fsp3) is 0.632. The molecule has 1 amide bonds. The summed E-state index contributed by atoms with van der Waals surface area (Å²) in [6.07, 6.45) is 0.450. The Morgan fingerprint density at radius 3 is 2.52 bits per heavy atom. The van der Waals surface area contributed by atoms with Crippen molar-refractivity contribution >= 4 is 30.7 Å². The van der Waals surface area contributed by atoms with E-state index in [4.69, 9.17) is 9.47 Å². The lowest BCUT2D eigenvalue weighted by Gasteiger charge is -2.31. The molecule has 2 heterocycles. The summed E-state index contributed by atoms with van der Waals surface area (Å²) >= 11 is 0. The van der Waals surface area contributed by atoms with E-state index in [0.717, 1.165) is 51.6 Å². The maximum absolute atomic E-state index is 12.6. The van der Waals surface area contributed by atoms with E-state index in [1.54, 1.807) is 0 Å². The van der Waals surface area contributed by atoms with E-state index in [2.05, 4.69) is 46.7 Å². The molecule has 2 aliphatic heterocycles. The second kappa shape index (κ2) is 12.5. The van der Waals surface area contributed by atoms with Crippen LogP contribution in [0, 0.1) is 6.92 Å². The first-order valence-corrected chi connectivity index (χ1v) is 9.18. The Kier molecular flexibility index (Phi) is 11.2.